The van der Waals surface area contributed by atoms with Crippen LogP contribution in [-0.2, 0) is 4.74 Å². The zero-order chi connectivity index (χ0) is 18.4. The Morgan fingerprint density at radius 3 is 2.60 bits per heavy atom. The monoisotopic (exact) mass is 380 g/mol. The van der Waals surface area contributed by atoms with Crippen LogP contribution in [-0.4, -0.2) is 31.4 Å². The fraction of sp³-hybridized carbons (Fsp3) is 0.353. The van der Waals surface area contributed by atoms with E-state index in [2.05, 4.69) is 10.6 Å². The number of hydrogen-bond donors (Lipinski definition) is 2. The van der Waals surface area contributed by atoms with E-state index in [9.17, 15) is 14.4 Å². The van der Waals surface area contributed by atoms with Crippen molar-refractivity contribution in [3.05, 3.63) is 38.4 Å². The summed E-state index contributed by atoms with van der Waals surface area (Å²) in [5.74, 6) is -1.15. The minimum Gasteiger partial charge on any atom is -0.465 e. The van der Waals surface area contributed by atoms with Crippen LogP contribution in [0.15, 0.2) is 17.5 Å². The number of hydrogen-bond acceptors (Lipinski definition) is 6. The molecule has 0 aromatic carbocycles. The predicted molar refractivity (Wildman–Crippen MR) is 99.9 cm³/mol. The fourth-order valence-corrected chi connectivity index (χ4v) is 3.92. The summed E-state index contributed by atoms with van der Waals surface area (Å²) in [6.07, 6.45) is 1.85. The molecule has 0 aliphatic carbocycles. The van der Waals surface area contributed by atoms with Gasteiger partial charge in [-0.25, -0.2) is 4.79 Å². The fourth-order valence-electron chi connectivity index (χ4n) is 2.20. The SMILES string of the molecule is CCCCNC(=O)c1sc(NC(=O)c2cccs2)c(C(=O)OC)c1C. The van der Waals surface area contributed by atoms with Gasteiger partial charge >= 0.3 is 5.97 Å². The second-order valence-corrected chi connectivity index (χ2v) is 7.26. The predicted octanol–water partition coefficient (Wildman–Crippen LogP) is 3.69. The van der Waals surface area contributed by atoms with Crippen LogP contribution < -0.4 is 10.6 Å². The van der Waals surface area contributed by atoms with Gasteiger partial charge in [-0.2, -0.15) is 0 Å². The van der Waals surface area contributed by atoms with Gasteiger partial charge in [-0.05, 0) is 30.4 Å². The van der Waals surface area contributed by atoms with Crippen molar-refractivity contribution in [1.29, 1.82) is 0 Å². The molecule has 0 fully saturated rings. The average molecular weight is 380 g/mol. The molecule has 2 amide bonds. The molecule has 6 nitrogen and oxygen atoms in total. The molecule has 134 valence electrons. The van der Waals surface area contributed by atoms with E-state index >= 15 is 0 Å². The molecule has 2 N–H and O–H groups in total. The summed E-state index contributed by atoms with van der Waals surface area (Å²) in [7, 11) is 1.27. The molecule has 8 heteroatoms. The minimum absolute atomic E-state index is 0.220. The Labute approximate surface area is 154 Å². The Morgan fingerprint density at radius 1 is 1.24 bits per heavy atom. The largest absolute Gasteiger partial charge is 0.465 e. The number of ether oxygens (including phenoxy) is 1. The van der Waals surface area contributed by atoms with E-state index in [0.29, 0.717) is 26.9 Å². The summed E-state index contributed by atoms with van der Waals surface area (Å²) in [6, 6.07) is 3.46. The number of esters is 1. The average Bonchev–Trinajstić information content (AvgIpc) is 3.23. The number of nitrogens with one attached hydrogen (secondary N) is 2. The highest BCUT2D eigenvalue weighted by Gasteiger charge is 2.26. The lowest BCUT2D eigenvalue weighted by molar-refractivity contribution is 0.0601. The topological polar surface area (TPSA) is 84.5 Å². The molecule has 0 saturated carbocycles. The van der Waals surface area contributed by atoms with Crippen molar-refractivity contribution in [2.75, 3.05) is 19.0 Å². The van der Waals surface area contributed by atoms with Crippen LogP contribution in [0, 0.1) is 6.92 Å². The summed E-state index contributed by atoms with van der Waals surface area (Å²) in [4.78, 5) is 37.7. The number of thiophene rings is 2. The Bertz CT molecular complexity index is 766. The number of carbonyl (C=O) groups is 3. The lowest BCUT2D eigenvalue weighted by atomic mass is 10.1. The maximum absolute atomic E-state index is 12.4. The highest BCUT2D eigenvalue weighted by atomic mass is 32.1. The maximum atomic E-state index is 12.4. The minimum atomic E-state index is -0.581. The van der Waals surface area contributed by atoms with Crippen LogP contribution >= 0.6 is 22.7 Å². The van der Waals surface area contributed by atoms with E-state index in [1.807, 2.05) is 6.92 Å². The molecule has 2 aromatic heterocycles. The Balaban J connectivity index is 2.31. The quantitative estimate of drug-likeness (QED) is 0.567. The van der Waals surface area contributed by atoms with Gasteiger partial charge in [0.1, 0.15) is 5.00 Å². The first kappa shape index (κ1) is 19.1. The number of rotatable bonds is 7. The lowest BCUT2D eigenvalue weighted by Gasteiger charge is -2.05. The Kier molecular flexibility index (Phi) is 6.72. The van der Waals surface area contributed by atoms with Gasteiger partial charge in [-0.15, -0.1) is 22.7 Å². The highest BCUT2D eigenvalue weighted by Crippen LogP contribution is 2.34. The normalized spacial score (nSPS) is 10.4. The van der Waals surface area contributed by atoms with Gasteiger partial charge in [0.05, 0.1) is 22.4 Å². The van der Waals surface area contributed by atoms with Gasteiger partial charge in [-0.3, -0.25) is 9.59 Å². The molecular formula is C17H20N2O4S2. The van der Waals surface area contributed by atoms with Crippen LogP contribution in [0.3, 0.4) is 0 Å². The number of unbranched alkanes of at least 4 members (excludes halogenated alkanes) is 1. The van der Waals surface area contributed by atoms with Crippen molar-refractivity contribution >= 4 is 45.5 Å². The van der Waals surface area contributed by atoms with Gasteiger partial charge in [0.2, 0.25) is 0 Å². The molecule has 0 unspecified atom stereocenters. The van der Waals surface area contributed by atoms with Crippen molar-refractivity contribution in [3.63, 3.8) is 0 Å². The first-order valence-corrected chi connectivity index (χ1v) is 9.53. The zero-order valence-corrected chi connectivity index (χ0v) is 15.9. The highest BCUT2D eigenvalue weighted by molar-refractivity contribution is 7.19. The first-order valence-electron chi connectivity index (χ1n) is 7.84. The van der Waals surface area contributed by atoms with Crippen LogP contribution in [0.2, 0.25) is 0 Å². The third-order valence-electron chi connectivity index (χ3n) is 3.53. The third-order valence-corrected chi connectivity index (χ3v) is 5.61. The van der Waals surface area contributed by atoms with Crippen LogP contribution in [0.1, 0.15) is 55.0 Å². The first-order chi connectivity index (χ1) is 12.0. The molecule has 0 spiro atoms. The number of carbonyl (C=O) groups excluding carboxylic acids is 3. The van der Waals surface area contributed by atoms with E-state index in [-0.39, 0.29) is 17.4 Å². The molecule has 0 aliphatic rings. The van der Waals surface area contributed by atoms with Crippen molar-refractivity contribution in [3.8, 4) is 0 Å². The van der Waals surface area contributed by atoms with E-state index in [0.717, 1.165) is 24.2 Å². The molecule has 0 radical (unpaired) electrons. The van der Waals surface area contributed by atoms with Crippen molar-refractivity contribution < 1.29 is 19.1 Å². The molecule has 2 heterocycles. The molecule has 2 rings (SSSR count). The second kappa shape index (κ2) is 8.77. The van der Waals surface area contributed by atoms with E-state index in [4.69, 9.17) is 4.74 Å². The number of methoxy groups -OCH3 is 1. The Morgan fingerprint density at radius 2 is 2.00 bits per heavy atom. The van der Waals surface area contributed by atoms with Crippen LogP contribution in [0.4, 0.5) is 5.00 Å². The molecule has 2 aromatic rings. The molecule has 0 aliphatic heterocycles. The molecule has 25 heavy (non-hydrogen) atoms. The van der Waals surface area contributed by atoms with Crippen LogP contribution in [0.5, 0.6) is 0 Å². The summed E-state index contributed by atoms with van der Waals surface area (Å²) in [5, 5.41) is 7.67. The zero-order valence-electron chi connectivity index (χ0n) is 14.3. The number of amides is 2. The van der Waals surface area contributed by atoms with Crippen molar-refractivity contribution in [2.24, 2.45) is 0 Å². The van der Waals surface area contributed by atoms with Gasteiger partial charge in [0, 0.05) is 6.54 Å². The molecule has 0 bridgehead atoms. The van der Waals surface area contributed by atoms with Crippen molar-refractivity contribution in [2.45, 2.75) is 26.7 Å². The maximum Gasteiger partial charge on any atom is 0.341 e. The summed E-state index contributed by atoms with van der Waals surface area (Å²) < 4.78 is 4.81. The number of anilines is 1. The third kappa shape index (κ3) is 4.46. The van der Waals surface area contributed by atoms with Gasteiger partial charge in [0.25, 0.3) is 11.8 Å². The summed E-state index contributed by atoms with van der Waals surface area (Å²) in [5.41, 5.74) is 0.727. The molecule has 0 saturated heterocycles. The molecule has 0 atom stereocenters. The summed E-state index contributed by atoms with van der Waals surface area (Å²) in [6.45, 7) is 4.28. The van der Waals surface area contributed by atoms with Gasteiger partial charge in [-0.1, -0.05) is 19.4 Å². The van der Waals surface area contributed by atoms with Crippen LogP contribution in [0.25, 0.3) is 0 Å². The van der Waals surface area contributed by atoms with E-state index in [1.165, 1.54) is 18.4 Å². The second-order valence-electron chi connectivity index (χ2n) is 5.29. The van der Waals surface area contributed by atoms with Gasteiger partial charge in [0.15, 0.2) is 0 Å². The Hall–Kier alpha value is -2.19. The van der Waals surface area contributed by atoms with Crippen molar-refractivity contribution in [1.82, 2.24) is 5.32 Å². The lowest BCUT2D eigenvalue weighted by Crippen LogP contribution is -2.24. The molecular weight excluding hydrogens is 360 g/mol. The van der Waals surface area contributed by atoms with E-state index in [1.54, 1.807) is 24.4 Å². The van der Waals surface area contributed by atoms with Gasteiger partial charge < -0.3 is 15.4 Å². The standard InChI is InChI=1S/C17H20N2O4S2/c1-4-5-8-18-15(21)13-10(2)12(17(22)23-3)16(25-13)19-14(20)11-7-6-9-24-11/h6-7,9H,4-5,8H2,1-3H3,(H,18,21)(H,19,20). The smallest absolute Gasteiger partial charge is 0.341 e. The van der Waals surface area contributed by atoms with E-state index < -0.39 is 5.97 Å². The summed E-state index contributed by atoms with van der Waals surface area (Å²) >= 11 is 2.38.